The van der Waals surface area contributed by atoms with Crippen LogP contribution in [0.5, 0.6) is 0 Å². The smallest absolute Gasteiger partial charge is 0.148 e. The molecular weight excluding hydrogens is 358 g/mol. The van der Waals surface area contributed by atoms with Crippen molar-refractivity contribution in [2.24, 2.45) is 0 Å². The van der Waals surface area contributed by atoms with Gasteiger partial charge in [-0.3, -0.25) is 0 Å². The second-order valence-electron chi connectivity index (χ2n) is 5.55. The number of aromatic nitrogens is 2. The molecule has 1 N–H and O–H groups in total. The largest absolute Gasteiger partial charge is 0.312 e. The van der Waals surface area contributed by atoms with Gasteiger partial charge < -0.3 is 5.32 Å². The van der Waals surface area contributed by atoms with Gasteiger partial charge in [0, 0.05) is 33.6 Å². The van der Waals surface area contributed by atoms with Crippen LogP contribution in [0.4, 0.5) is 0 Å². The molecule has 0 aliphatic rings. The average molecular weight is 375 g/mol. The fraction of sp³-hybridized carbons (Fsp3) is 0.429. The van der Waals surface area contributed by atoms with Gasteiger partial charge in [0.2, 0.25) is 0 Å². The van der Waals surface area contributed by atoms with E-state index in [4.69, 9.17) is 11.6 Å². The summed E-state index contributed by atoms with van der Waals surface area (Å²) in [6.45, 7) is 7.37. The first-order chi connectivity index (χ1) is 9.35. The minimum atomic E-state index is 0.132. The molecule has 0 saturated heterocycles. The Hall–Kier alpha value is -0.490. The average Bonchev–Trinajstić information content (AvgIpc) is 2.75. The number of rotatable bonds is 4. The molecule has 0 fully saturated rings. The van der Waals surface area contributed by atoms with Gasteiger partial charge >= 0.3 is 0 Å². The van der Waals surface area contributed by atoms with Gasteiger partial charge in [-0.2, -0.15) is 0 Å². The van der Waals surface area contributed by atoms with Crippen LogP contribution in [0.15, 0.2) is 22.7 Å². The number of benzene rings is 1. The number of nitrogens with one attached hydrogen (secondary N) is 1. The number of hydrogen-bond acceptors (Lipinski definition) is 4. The van der Waals surface area contributed by atoms with Gasteiger partial charge in [-0.05, 0) is 39.0 Å². The van der Waals surface area contributed by atoms with E-state index in [0.717, 1.165) is 33.0 Å². The highest BCUT2D eigenvalue weighted by molar-refractivity contribution is 9.10. The van der Waals surface area contributed by atoms with E-state index >= 15 is 0 Å². The Bertz CT molecular complexity index is 592. The van der Waals surface area contributed by atoms with Crippen LogP contribution in [-0.2, 0) is 6.42 Å². The van der Waals surface area contributed by atoms with Gasteiger partial charge in [-0.15, -0.1) is 10.2 Å². The molecule has 2 rings (SSSR count). The highest BCUT2D eigenvalue weighted by Gasteiger charge is 2.12. The Morgan fingerprint density at radius 2 is 2.05 bits per heavy atom. The molecule has 0 aliphatic carbocycles. The standard InChI is InChI=1S/C14H17BrClN3S/c1-14(2,3)17-7-6-12-18-19-13(20-12)10-5-4-9(16)8-11(10)15/h4-5,8,17H,6-7H2,1-3H3. The number of nitrogens with zero attached hydrogens (tertiary/aromatic N) is 2. The predicted octanol–water partition coefficient (Wildman–Crippen LogP) is 4.55. The van der Waals surface area contributed by atoms with Crippen molar-refractivity contribution in [1.82, 2.24) is 15.5 Å². The molecule has 0 saturated carbocycles. The number of halogens is 2. The Morgan fingerprint density at radius 1 is 1.30 bits per heavy atom. The molecule has 3 nitrogen and oxygen atoms in total. The van der Waals surface area contributed by atoms with E-state index in [1.807, 2.05) is 18.2 Å². The van der Waals surface area contributed by atoms with E-state index in [9.17, 15) is 0 Å². The maximum atomic E-state index is 5.95. The van der Waals surface area contributed by atoms with Gasteiger partial charge in [0.1, 0.15) is 10.0 Å². The topological polar surface area (TPSA) is 37.8 Å². The molecule has 0 bridgehead atoms. The van der Waals surface area contributed by atoms with Crippen LogP contribution in [0.3, 0.4) is 0 Å². The van der Waals surface area contributed by atoms with Crippen molar-refractivity contribution >= 4 is 38.9 Å². The summed E-state index contributed by atoms with van der Waals surface area (Å²) >= 11 is 11.1. The van der Waals surface area contributed by atoms with Crippen LogP contribution in [0.1, 0.15) is 25.8 Å². The summed E-state index contributed by atoms with van der Waals surface area (Å²) in [5.41, 5.74) is 1.16. The quantitative estimate of drug-likeness (QED) is 0.853. The van der Waals surface area contributed by atoms with Gasteiger partial charge in [-0.25, -0.2) is 0 Å². The zero-order valence-electron chi connectivity index (χ0n) is 11.7. The van der Waals surface area contributed by atoms with E-state index in [2.05, 4.69) is 52.2 Å². The number of hydrogen-bond donors (Lipinski definition) is 1. The zero-order valence-corrected chi connectivity index (χ0v) is 14.9. The molecule has 0 spiro atoms. The van der Waals surface area contributed by atoms with Crippen LogP contribution >= 0.6 is 38.9 Å². The lowest BCUT2D eigenvalue weighted by atomic mass is 10.1. The molecule has 20 heavy (non-hydrogen) atoms. The monoisotopic (exact) mass is 373 g/mol. The highest BCUT2D eigenvalue weighted by atomic mass is 79.9. The molecule has 0 aliphatic heterocycles. The first-order valence-electron chi connectivity index (χ1n) is 6.38. The fourth-order valence-corrected chi connectivity index (χ4v) is 3.55. The summed E-state index contributed by atoms with van der Waals surface area (Å²) in [5.74, 6) is 0. The highest BCUT2D eigenvalue weighted by Crippen LogP contribution is 2.32. The van der Waals surface area contributed by atoms with Crippen molar-refractivity contribution in [1.29, 1.82) is 0 Å². The maximum absolute atomic E-state index is 5.95. The van der Waals surface area contributed by atoms with Crippen LogP contribution in [0.25, 0.3) is 10.6 Å². The molecule has 2 aromatic rings. The maximum Gasteiger partial charge on any atom is 0.148 e. The second kappa shape index (κ2) is 6.52. The van der Waals surface area contributed by atoms with Crippen molar-refractivity contribution in [2.45, 2.75) is 32.7 Å². The second-order valence-corrected chi connectivity index (χ2v) is 7.90. The van der Waals surface area contributed by atoms with E-state index in [1.165, 1.54) is 0 Å². The van der Waals surface area contributed by atoms with Crippen LogP contribution in [0, 0.1) is 0 Å². The Labute approximate surface area is 136 Å². The van der Waals surface area contributed by atoms with Crippen molar-refractivity contribution in [3.05, 3.63) is 32.7 Å². The predicted molar refractivity (Wildman–Crippen MR) is 89.5 cm³/mol. The molecule has 0 amide bonds. The summed E-state index contributed by atoms with van der Waals surface area (Å²) in [6, 6.07) is 5.70. The Kier molecular flexibility index (Phi) is 5.18. The molecule has 108 valence electrons. The van der Waals surface area contributed by atoms with Gasteiger partial charge in [0.25, 0.3) is 0 Å². The van der Waals surface area contributed by atoms with Crippen LogP contribution in [-0.4, -0.2) is 22.3 Å². The molecule has 0 radical (unpaired) electrons. The molecule has 0 unspecified atom stereocenters. The van der Waals surface area contributed by atoms with E-state index in [1.54, 1.807) is 11.3 Å². The third-order valence-electron chi connectivity index (χ3n) is 2.62. The molecule has 1 aromatic heterocycles. The molecule has 6 heteroatoms. The summed E-state index contributed by atoms with van der Waals surface area (Å²) < 4.78 is 0.945. The van der Waals surface area contributed by atoms with E-state index < -0.39 is 0 Å². The van der Waals surface area contributed by atoms with Gasteiger partial charge in [0.15, 0.2) is 0 Å². The molecule has 0 atom stereocenters. The Balaban J connectivity index is 2.05. The van der Waals surface area contributed by atoms with Crippen LogP contribution in [0.2, 0.25) is 5.02 Å². The van der Waals surface area contributed by atoms with E-state index in [-0.39, 0.29) is 5.54 Å². The first-order valence-corrected chi connectivity index (χ1v) is 8.37. The van der Waals surface area contributed by atoms with Crippen LogP contribution < -0.4 is 5.32 Å². The van der Waals surface area contributed by atoms with Gasteiger partial charge in [0.05, 0.1) is 0 Å². The third-order valence-corrected chi connectivity index (χ3v) is 4.53. The minimum absolute atomic E-state index is 0.132. The molecular formula is C14H17BrClN3S. The summed E-state index contributed by atoms with van der Waals surface area (Å²) in [4.78, 5) is 0. The zero-order chi connectivity index (χ0) is 14.8. The lowest BCUT2D eigenvalue weighted by Crippen LogP contribution is -2.37. The van der Waals surface area contributed by atoms with Crippen molar-refractivity contribution in [2.75, 3.05) is 6.54 Å². The van der Waals surface area contributed by atoms with Crippen molar-refractivity contribution < 1.29 is 0 Å². The van der Waals surface area contributed by atoms with Crippen molar-refractivity contribution in [3.8, 4) is 10.6 Å². The summed E-state index contributed by atoms with van der Waals surface area (Å²) in [7, 11) is 0. The van der Waals surface area contributed by atoms with E-state index in [0.29, 0.717) is 5.02 Å². The molecule has 1 heterocycles. The SMILES string of the molecule is CC(C)(C)NCCc1nnc(-c2ccc(Cl)cc2Br)s1. The summed E-state index contributed by atoms with van der Waals surface area (Å²) in [5, 5.41) is 14.6. The normalized spacial score (nSPS) is 11.8. The molecule has 1 aromatic carbocycles. The minimum Gasteiger partial charge on any atom is -0.312 e. The summed E-state index contributed by atoms with van der Waals surface area (Å²) in [6.07, 6.45) is 0.889. The fourth-order valence-electron chi connectivity index (χ4n) is 1.67. The first kappa shape index (κ1) is 15.9. The lowest BCUT2D eigenvalue weighted by molar-refractivity contribution is 0.429. The Morgan fingerprint density at radius 3 is 2.70 bits per heavy atom. The van der Waals surface area contributed by atoms with Crippen molar-refractivity contribution in [3.63, 3.8) is 0 Å². The lowest BCUT2D eigenvalue weighted by Gasteiger charge is -2.19. The third kappa shape index (κ3) is 4.52. The van der Waals surface area contributed by atoms with Gasteiger partial charge in [-0.1, -0.05) is 38.9 Å².